The molecule has 0 fully saturated rings. The summed E-state index contributed by atoms with van der Waals surface area (Å²) in [6.45, 7) is 0. The molecule has 11 aromatic rings. The van der Waals surface area contributed by atoms with Gasteiger partial charge in [0.1, 0.15) is 0 Å². The Hall–Kier alpha value is -5.86. The Bertz CT molecular complexity index is 2990. The van der Waals surface area contributed by atoms with Gasteiger partial charge in [-0.25, -0.2) is 0 Å². The first-order valence-corrected chi connectivity index (χ1v) is 15.3. The van der Waals surface area contributed by atoms with Crippen LogP contribution in [0.3, 0.4) is 0 Å². The molecule has 0 saturated carbocycles. The van der Waals surface area contributed by atoms with Crippen molar-refractivity contribution in [2.45, 2.75) is 0 Å². The van der Waals surface area contributed by atoms with E-state index in [1.807, 2.05) is 0 Å². The average Bonchev–Trinajstić information content (AvgIpc) is 3.73. The minimum atomic E-state index is 1.22. The molecule has 2 heteroatoms. The van der Waals surface area contributed by atoms with Gasteiger partial charge in [-0.05, 0) is 39.7 Å². The molecule has 0 aliphatic rings. The molecule has 202 valence electrons. The van der Waals surface area contributed by atoms with Crippen molar-refractivity contribution in [3.63, 3.8) is 0 Å². The van der Waals surface area contributed by atoms with E-state index in [1.165, 1.54) is 97.9 Å². The van der Waals surface area contributed by atoms with E-state index in [-0.39, 0.29) is 0 Å². The smallest absolute Gasteiger partial charge is 0.0648 e. The number of para-hydroxylation sites is 3. The third-order valence-electron chi connectivity index (χ3n) is 9.97. The molecule has 2 nitrogen and oxygen atoms in total. The lowest BCUT2D eigenvalue weighted by atomic mass is 9.98. The minimum absolute atomic E-state index is 1.22. The Morgan fingerprint density at radius 3 is 1.73 bits per heavy atom. The van der Waals surface area contributed by atoms with E-state index >= 15 is 0 Å². The van der Waals surface area contributed by atoms with E-state index in [4.69, 9.17) is 0 Å². The summed E-state index contributed by atoms with van der Waals surface area (Å²) >= 11 is 0. The lowest BCUT2D eigenvalue weighted by Gasteiger charge is -2.15. The van der Waals surface area contributed by atoms with Crippen LogP contribution in [0, 0.1) is 0 Å². The van der Waals surface area contributed by atoms with Crippen molar-refractivity contribution in [1.82, 2.24) is 8.97 Å². The predicted molar refractivity (Wildman–Crippen MR) is 188 cm³/mol. The van der Waals surface area contributed by atoms with E-state index in [0.717, 1.165) is 0 Å². The van der Waals surface area contributed by atoms with Gasteiger partial charge in [0.2, 0.25) is 0 Å². The van der Waals surface area contributed by atoms with Gasteiger partial charge in [-0.3, -0.25) is 0 Å². The summed E-state index contributed by atoms with van der Waals surface area (Å²) in [4.78, 5) is 0. The number of hydrogen-bond acceptors (Lipinski definition) is 0. The zero-order valence-electron chi connectivity index (χ0n) is 23.8. The highest BCUT2D eigenvalue weighted by Crippen LogP contribution is 2.49. The molecule has 0 aliphatic heterocycles. The largest absolute Gasteiger partial charge is 0.308 e. The first kappa shape index (κ1) is 22.7. The van der Waals surface area contributed by atoms with Gasteiger partial charge in [0.25, 0.3) is 0 Å². The molecule has 0 atom stereocenters. The van der Waals surface area contributed by atoms with E-state index in [2.05, 4.69) is 155 Å². The Balaban J connectivity index is 1.51. The topological polar surface area (TPSA) is 9.34 Å². The van der Waals surface area contributed by atoms with Crippen molar-refractivity contribution in [2.24, 2.45) is 0 Å². The maximum Gasteiger partial charge on any atom is 0.0648 e. The minimum Gasteiger partial charge on any atom is -0.308 e. The molecule has 0 bridgehead atoms. The molecule has 3 aromatic heterocycles. The summed E-state index contributed by atoms with van der Waals surface area (Å²) in [7, 11) is 0. The summed E-state index contributed by atoms with van der Waals surface area (Å²) in [6.07, 6.45) is 0. The first-order chi connectivity index (χ1) is 21.9. The molecular weight excluding hydrogens is 532 g/mol. The number of nitrogens with zero attached hydrogens (tertiary/aromatic N) is 2. The maximum absolute atomic E-state index is 2.57. The van der Waals surface area contributed by atoms with Crippen molar-refractivity contribution in [3.05, 3.63) is 146 Å². The highest BCUT2D eigenvalue weighted by atomic mass is 15.0. The van der Waals surface area contributed by atoms with Gasteiger partial charge in [-0.2, -0.15) is 0 Å². The number of fused-ring (bicyclic) bond motifs is 16. The standard InChI is InChI=1S/C42H24N2/c1-2-13-26-25(12-1)24-37(28-15-4-3-14-27(26)28)43-36-23-10-8-19-33(36)38-30-17-5-6-18-32(30)41-39(42(38)43)34-21-11-20-31-29-16-7-9-22-35(29)44(41)40(31)34/h1-24H. The molecule has 3 heterocycles. The summed E-state index contributed by atoms with van der Waals surface area (Å²) in [5.41, 5.74) is 7.58. The summed E-state index contributed by atoms with van der Waals surface area (Å²) < 4.78 is 5.11. The van der Waals surface area contributed by atoms with Gasteiger partial charge < -0.3 is 8.97 Å². The average molecular weight is 557 g/mol. The Morgan fingerprint density at radius 2 is 0.886 bits per heavy atom. The molecule has 44 heavy (non-hydrogen) atoms. The Morgan fingerprint density at radius 1 is 0.318 bits per heavy atom. The fraction of sp³-hybridized carbons (Fsp3) is 0. The number of rotatable bonds is 1. The van der Waals surface area contributed by atoms with Crippen molar-refractivity contribution in [3.8, 4) is 5.69 Å². The summed E-state index contributed by atoms with van der Waals surface area (Å²) in [5.74, 6) is 0. The third kappa shape index (κ3) is 2.59. The zero-order chi connectivity index (χ0) is 28.5. The molecule has 0 radical (unpaired) electrons. The van der Waals surface area contributed by atoms with E-state index < -0.39 is 0 Å². The van der Waals surface area contributed by atoms with Crippen molar-refractivity contribution >= 4 is 92.2 Å². The zero-order valence-corrected chi connectivity index (χ0v) is 23.8. The van der Waals surface area contributed by atoms with Gasteiger partial charge in [0.05, 0.1) is 33.3 Å². The van der Waals surface area contributed by atoms with Crippen LogP contribution in [-0.2, 0) is 0 Å². The predicted octanol–water partition coefficient (Wildman–Crippen LogP) is 11.4. The van der Waals surface area contributed by atoms with Crippen LogP contribution in [0.2, 0.25) is 0 Å². The van der Waals surface area contributed by atoms with Crippen molar-refractivity contribution < 1.29 is 0 Å². The molecule has 0 aliphatic carbocycles. The van der Waals surface area contributed by atoms with Gasteiger partial charge >= 0.3 is 0 Å². The van der Waals surface area contributed by atoms with Crippen LogP contribution < -0.4 is 0 Å². The van der Waals surface area contributed by atoms with Crippen LogP contribution in [0.1, 0.15) is 0 Å². The monoisotopic (exact) mass is 556 g/mol. The first-order valence-electron chi connectivity index (χ1n) is 15.3. The lowest BCUT2D eigenvalue weighted by Crippen LogP contribution is -1.97. The molecule has 0 spiro atoms. The van der Waals surface area contributed by atoms with Crippen LogP contribution in [0.15, 0.2) is 146 Å². The fourth-order valence-corrected chi connectivity index (χ4v) is 8.31. The molecule has 0 unspecified atom stereocenters. The van der Waals surface area contributed by atoms with E-state index in [1.54, 1.807) is 0 Å². The number of benzene rings is 8. The fourth-order valence-electron chi connectivity index (χ4n) is 8.31. The molecule has 0 saturated heterocycles. The Labute approximate surface area is 251 Å². The van der Waals surface area contributed by atoms with Crippen molar-refractivity contribution in [2.75, 3.05) is 0 Å². The second-order valence-electron chi connectivity index (χ2n) is 12.1. The van der Waals surface area contributed by atoms with E-state index in [0.29, 0.717) is 0 Å². The summed E-state index contributed by atoms with van der Waals surface area (Å²) in [6, 6.07) is 53.8. The van der Waals surface area contributed by atoms with Crippen LogP contribution in [0.25, 0.3) is 97.9 Å². The highest BCUT2D eigenvalue weighted by Gasteiger charge is 2.26. The highest BCUT2D eigenvalue weighted by molar-refractivity contribution is 6.39. The third-order valence-corrected chi connectivity index (χ3v) is 9.97. The molecule has 11 rings (SSSR count). The Kier molecular flexibility index (Phi) is 4.10. The van der Waals surface area contributed by atoms with Gasteiger partial charge in [-0.15, -0.1) is 0 Å². The van der Waals surface area contributed by atoms with Crippen LogP contribution in [0.5, 0.6) is 0 Å². The van der Waals surface area contributed by atoms with Crippen LogP contribution >= 0.6 is 0 Å². The van der Waals surface area contributed by atoms with Gasteiger partial charge in [0.15, 0.2) is 0 Å². The second-order valence-corrected chi connectivity index (χ2v) is 12.1. The number of aromatic nitrogens is 2. The maximum atomic E-state index is 2.57. The van der Waals surface area contributed by atoms with E-state index in [9.17, 15) is 0 Å². The number of hydrogen-bond donors (Lipinski definition) is 0. The lowest BCUT2D eigenvalue weighted by molar-refractivity contribution is 1.21. The molecule has 0 N–H and O–H groups in total. The summed E-state index contributed by atoms with van der Waals surface area (Å²) in [5, 5.41) is 15.5. The SMILES string of the molecule is c1ccc2c(c1)cc(-n1c3ccccc3c3c4ccccc4c4c(c5cccc6c7ccccc7n4c65)c31)c1ccccc12. The van der Waals surface area contributed by atoms with Crippen LogP contribution in [0.4, 0.5) is 0 Å². The molecular formula is C42H24N2. The van der Waals surface area contributed by atoms with Gasteiger partial charge in [0, 0.05) is 43.1 Å². The van der Waals surface area contributed by atoms with Crippen molar-refractivity contribution in [1.29, 1.82) is 0 Å². The quantitative estimate of drug-likeness (QED) is 0.178. The normalized spacial score (nSPS) is 12.5. The molecule has 8 aromatic carbocycles. The molecule has 0 amide bonds. The van der Waals surface area contributed by atoms with Crippen LogP contribution in [-0.4, -0.2) is 8.97 Å². The second kappa shape index (κ2) is 7.94. The van der Waals surface area contributed by atoms with Gasteiger partial charge in [-0.1, -0.05) is 127 Å².